The second kappa shape index (κ2) is 8.75. The molecule has 2 aromatic carbocycles. The summed E-state index contributed by atoms with van der Waals surface area (Å²) in [6.45, 7) is 0.838. The first-order valence-corrected chi connectivity index (χ1v) is 9.13. The van der Waals surface area contributed by atoms with E-state index < -0.39 is 11.4 Å². The van der Waals surface area contributed by atoms with Gasteiger partial charge in [-0.2, -0.15) is 0 Å². The number of carboxylic acids is 1. The molecule has 1 heterocycles. The lowest BCUT2D eigenvalue weighted by molar-refractivity contribution is -0.154. The van der Waals surface area contributed by atoms with Gasteiger partial charge < -0.3 is 25.2 Å². The van der Waals surface area contributed by atoms with Crippen molar-refractivity contribution in [3.8, 4) is 5.75 Å². The number of aliphatic carboxylic acids is 1. The molecule has 148 valence electrons. The van der Waals surface area contributed by atoms with E-state index in [0.717, 1.165) is 5.69 Å². The number of hydrogen-bond acceptors (Lipinski definition) is 5. The number of para-hydroxylation sites is 1. The quantitative estimate of drug-likeness (QED) is 0.679. The van der Waals surface area contributed by atoms with Gasteiger partial charge in [-0.1, -0.05) is 18.2 Å². The van der Waals surface area contributed by atoms with Crippen LogP contribution >= 0.6 is 0 Å². The fourth-order valence-corrected chi connectivity index (χ4v) is 3.22. The number of rotatable bonds is 7. The van der Waals surface area contributed by atoms with E-state index in [1.807, 2.05) is 30.3 Å². The highest BCUT2D eigenvalue weighted by atomic mass is 16.5. The van der Waals surface area contributed by atoms with Crippen LogP contribution in [0.1, 0.15) is 23.2 Å². The largest absolute Gasteiger partial charge is 0.497 e. The van der Waals surface area contributed by atoms with Crippen LogP contribution in [-0.2, 0) is 9.53 Å². The molecule has 1 aliphatic heterocycles. The number of carboxylic acid groups (broad SMARTS) is 1. The molecule has 1 aliphatic rings. The molecular formula is C21H24N2O5. The van der Waals surface area contributed by atoms with Crippen LogP contribution in [0.25, 0.3) is 0 Å². The van der Waals surface area contributed by atoms with E-state index in [1.54, 1.807) is 25.3 Å². The minimum Gasteiger partial charge on any atom is -0.497 e. The zero-order chi connectivity index (χ0) is 20.0. The molecule has 1 fully saturated rings. The average Bonchev–Trinajstić information content (AvgIpc) is 2.73. The fourth-order valence-electron chi connectivity index (χ4n) is 3.22. The van der Waals surface area contributed by atoms with Gasteiger partial charge in [0.1, 0.15) is 5.75 Å². The third kappa shape index (κ3) is 4.43. The van der Waals surface area contributed by atoms with Gasteiger partial charge in [0.25, 0.3) is 5.91 Å². The molecule has 7 heteroatoms. The van der Waals surface area contributed by atoms with Crippen LogP contribution in [0.3, 0.4) is 0 Å². The molecule has 0 atom stereocenters. The van der Waals surface area contributed by atoms with E-state index in [9.17, 15) is 14.7 Å². The van der Waals surface area contributed by atoms with E-state index in [1.165, 1.54) is 0 Å². The monoisotopic (exact) mass is 384 g/mol. The molecule has 1 amide bonds. The maximum atomic E-state index is 12.8. The van der Waals surface area contributed by atoms with Gasteiger partial charge in [0, 0.05) is 31.5 Å². The van der Waals surface area contributed by atoms with Gasteiger partial charge in [0.2, 0.25) is 0 Å². The second-order valence-electron chi connectivity index (χ2n) is 6.78. The van der Waals surface area contributed by atoms with Crippen molar-refractivity contribution in [1.82, 2.24) is 5.32 Å². The Bertz CT molecular complexity index is 846. The van der Waals surface area contributed by atoms with Crippen LogP contribution in [0.2, 0.25) is 0 Å². The molecule has 2 aromatic rings. The van der Waals surface area contributed by atoms with Gasteiger partial charge in [0.15, 0.2) is 0 Å². The van der Waals surface area contributed by atoms with E-state index in [-0.39, 0.29) is 12.5 Å². The number of benzene rings is 2. The maximum absolute atomic E-state index is 12.8. The van der Waals surface area contributed by atoms with Crippen molar-refractivity contribution >= 4 is 23.3 Å². The normalized spacial score (nSPS) is 15.5. The topological polar surface area (TPSA) is 96.9 Å². The SMILES string of the molecule is COc1cccc(Nc2ccccc2C(=O)NCC2(C(=O)O)CCOCC2)c1. The Kier molecular flexibility index (Phi) is 6.16. The number of amides is 1. The molecule has 0 radical (unpaired) electrons. The molecule has 1 saturated heterocycles. The number of nitrogens with one attached hydrogen (secondary N) is 2. The molecule has 28 heavy (non-hydrogen) atoms. The summed E-state index contributed by atoms with van der Waals surface area (Å²) in [7, 11) is 1.59. The molecule has 0 saturated carbocycles. The summed E-state index contributed by atoms with van der Waals surface area (Å²) in [5, 5.41) is 15.7. The first-order chi connectivity index (χ1) is 13.5. The minimum absolute atomic E-state index is 0.0675. The fraction of sp³-hybridized carbons (Fsp3) is 0.333. The van der Waals surface area contributed by atoms with Crippen LogP contribution in [-0.4, -0.2) is 43.9 Å². The molecule has 0 unspecified atom stereocenters. The van der Waals surface area contributed by atoms with E-state index >= 15 is 0 Å². The van der Waals surface area contributed by atoms with Crippen molar-refractivity contribution in [3.05, 3.63) is 54.1 Å². The zero-order valence-corrected chi connectivity index (χ0v) is 15.7. The van der Waals surface area contributed by atoms with Crippen LogP contribution in [0, 0.1) is 5.41 Å². The van der Waals surface area contributed by atoms with Crippen LogP contribution in [0.5, 0.6) is 5.75 Å². The van der Waals surface area contributed by atoms with Gasteiger partial charge in [-0.25, -0.2) is 0 Å². The summed E-state index contributed by atoms with van der Waals surface area (Å²) in [6, 6.07) is 14.5. The van der Waals surface area contributed by atoms with Crippen LogP contribution < -0.4 is 15.4 Å². The van der Waals surface area contributed by atoms with Crippen LogP contribution in [0.15, 0.2) is 48.5 Å². The number of carbonyl (C=O) groups excluding carboxylic acids is 1. The highest BCUT2D eigenvalue weighted by Gasteiger charge is 2.40. The summed E-state index contributed by atoms with van der Waals surface area (Å²) < 4.78 is 10.5. The average molecular weight is 384 g/mol. The summed E-state index contributed by atoms with van der Waals surface area (Å²) in [5.41, 5.74) is 0.872. The number of hydrogen-bond donors (Lipinski definition) is 3. The maximum Gasteiger partial charge on any atom is 0.311 e. The number of ether oxygens (including phenoxy) is 2. The minimum atomic E-state index is -0.983. The highest BCUT2D eigenvalue weighted by molar-refractivity contribution is 6.00. The zero-order valence-electron chi connectivity index (χ0n) is 15.7. The first kappa shape index (κ1) is 19.7. The highest BCUT2D eigenvalue weighted by Crippen LogP contribution is 2.30. The summed E-state index contributed by atoms with van der Waals surface area (Å²) >= 11 is 0. The molecule has 0 aliphatic carbocycles. The van der Waals surface area contributed by atoms with Gasteiger partial charge >= 0.3 is 5.97 Å². The van der Waals surface area contributed by atoms with Gasteiger partial charge in [-0.05, 0) is 37.1 Å². The number of methoxy groups -OCH3 is 1. The Morgan fingerprint density at radius 3 is 2.61 bits per heavy atom. The van der Waals surface area contributed by atoms with Gasteiger partial charge in [-0.15, -0.1) is 0 Å². The third-order valence-electron chi connectivity index (χ3n) is 5.01. The van der Waals surface area contributed by atoms with E-state index in [0.29, 0.717) is 43.1 Å². The molecule has 3 N–H and O–H groups in total. The van der Waals surface area contributed by atoms with Crippen molar-refractivity contribution < 1.29 is 24.2 Å². The number of anilines is 2. The Hall–Kier alpha value is -3.06. The standard InChI is InChI=1S/C21H24N2O5/c1-27-16-6-4-5-15(13-16)23-18-8-3-2-7-17(18)19(24)22-14-21(20(25)26)9-11-28-12-10-21/h2-8,13,23H,9-12,14H2,1H3,(H,22,24)(H,25,26). The predicted octanol–water partition coefficient (Wildman–Crippen LogP) is 3.05. The van der Waals surface area contributed by atoms with Crippen molar-refractivity contribution in [2.75, 3.05) is 32.2 Å². The smallest absolute Gasteiger partial charge is 0.311 e. The summed E-state index contributed by atoms with van der Waals surface area (Å²) in [4.78, 5) is 24.5. The van der Waals surface area contributed by atoms with Gasteiger partial charge in [0.05, 0.1) is 23.8 Å². The second-order valence-corrected chi connectivity index (χ2v) is 6.78. The van der Waals surface area contributed by atoms with Crippen molar-refractivity contribution in [3.63, 3.8) is 0 Å². The Labute approximate surface area is 163 Å². The first-order valence-electron chi connectivity index (χ1n) is 9.13. The molecular weight excluding hydrogens is 360 g/mol. The van der Waals surface area contributed by atoms with Crippen molar-refractivity contribution in [2.24, 2.45) is 5.41 Å². The Morgan fingerprint density at radius 1 is 1.14 bits per heavy atom. The lowest BCUT2D eigenvalue weighted by Crippen LogP contribution is -2.46. The van der Waals surface area contributed by atoms with Gasteiger partial charge in [-0.3, -0.25) is 9.59 Å². The summed E-state index contributed by atoms with van der Waals surface area (Å²) in [5.74, 6) is -0.521. The molecule has 0 aromatic heterocycles. The van der Waals surface area contributed by atoms with Crippen molar-refractivity contribution in [1.29, 1.82) is 0 Å². The van der Waals surface area contributed by atoms with E-state index in [2.05, 4.69) is 10.6 Å². The predicted molar refractivity (Wildman–Crippen MR) is 105 cm³/mol. The Balaban J connectivity index is 1.74. The van der Waals surface area contributed by atoms with Crippen molar-refractivity contribution in [2.45, 2.75) is 12.8 Å². The van der Waals surface area contributed by atoms with Crippen LogP contribution in [0.4, 0.5) is 11.4 Å². The molecule has 3 rings (SSSR count). The molecule has 0 spiro atoms. The lowest BCUT2D eigenvalue weighted by atomic mass is 9.80. The lowest BCUT2D eigenvalue weighted by Gasteiger charge is -2.33. The third-order valence-corrected chi connectivity index (χ3v) is 5.01. The molecule has 7 nitrogen and oxygen atoms in total. The number of carbonyl (C=O) groups is 2. The summed E-state index contributed by atoms with van der Waals surface area (Å²) in [6.07, 6.45) is 0.763. The molecule has 0 bridgehead atoms. The van der Waals surface area contributed by atoms with E-state index in [4.69, 9.17) is 9.47 Å². The Morgan fingerprint density at radius 2 is 1.89 bits per heavy atom.